The van der Waals surface area contributed by atoms with E-state index < -0.39 is 0 Å². The molecule has 1 saturated heterocycles. The maximum Gasteiger partial charge on any atom is 0.191 e. The van der Waals surface area contributed by atoms with Crippen molar-refractivity contribution in [1.82, 2.24) is 35.3 Å². The normalized spacial score (nSPS) is 19.4. The first-order valence-electron chi connectivity index (χ1n) is 6.84. The largest absolute Gasteiger partial charge is 0.316 e. The number of hydrogen-bond donors (Lipinski definition) is 2. The van der Waals surface area contributed by atoms with E-state index in [1.165, 1.54) is 12.8 Å². The number of aryl methyl sites for hydroxylation is 1. The van der Waals surface area contributed by atoms with E-state index in [4.69, 9.17) is 0 Å². The van der Waals surface area contributed by atoms with Crippen LogP contribution in [-0.2, 0) is 12.8 Å². The quantitative estimate of drug-likeness (QED) is 0.818. The summed E-state index contributed by atoms with van der Waals surface area (Å²) in [4.78, 5) is 4.30. The van der Waals surface area contributed by atoms with Gasteiger partial charge in [0.2, 0.25) is 0 Å². The third-order valence-electron chi connectivity index (χ3n) is 3.50. The molecule has 108 valence electrons. The van der Waals surface area contributed by atoms with Crippen molar-refractivity contribution in [3.63, 3.8) is 0 Å². The third kappa shape index (κ3) is 2.85. The summed E-state index contributed by atoms with van der Waals surface area (Å²) < 4.78 is 2.10. The van der Waals surface area contributed by atoms with E-state index >= 15 is 0 Å². The summed E-state index contributed by atoms with van der Waals surface area (Å²) in [6, 6.07) is 0. The highest BCUT2D eigenvalue weighted by molar-refractivity contribution is 7.98. The Kier molecular flexibility index (Phi) is 4.02. The second kappa shape index (κ2) is 5.92. The highest BCUT2D eigenvalue weighted by atomic mass is 32.2. The second-order valence-electron chi connectivity index (χ2n) is 5.07. The van der Waals surface area contributed by atoms with Gasteiger partial charge in [0.05, 0.1) is 5.75 Å². The van der Waals surface area contributed by atoms with Crippen molar-refractivity contribution in [1.29, 1.82) is 0 Å². The Morgan fingerprint density at radius 2 is 2.30 bits per heavy atom. The van der Waals surface area contributed by atoms with E-state index in [-0.39, 0.29) is 0 Å². The molecular weight excluding hydrogens is 274 g/mol. The van der Waals surface area contributed by atoms with Crippen LogP contribution in [0, 0.1) is 6.92 Å². The van der Waals surface area contributed by atoms with Crippen molar-refractivity contribution in [3.05, 3.63) is 17.5 Å². The Hall–Kier alpha value is -1.41. The molecule has 3 heterocycles. The van der Waals surface area contributed by atoms with Crippen molar-refractivity contribution in [3.8, 4) is 0 Å². The molecule has 1 aliphatic heterocycles. The van der Waals surface area contributed by atoms with E-state index in [2.05, 4.69) is 35.3 Å². The van der Waals surface area contributed by atoms with Gasteiger partial charge in [0.15, 0.2) is 11.0 Å². The van der Waals surface area contributed by atoms with Gasteiger partial charge in [-0.05, 0) is 26.3 Å². The van der Waals surface area contributed by atoms with E-state index in [0.717, 1.165) is 35.7 Å². The van der Waals surface area contributed by atoms with Crippen LogP contribution in [0.15, 0.2) is 5.16 Å². The van der Waals surface area contributed by atoms with Crippen molar-refractivity contribution >= 4 is 11.8 Å². The molecule has 0 amide bonds. The van der Waals surface area contributed by atoms with Gasteiger partial charge in [0.25, 0.3) is 0 Å². The summed E-state index contributed by atoms with van der Waals surface area (Å²) in [6.07, 6.45) is 2.39. The molecular formula is C12H19N7S. The van der Waals surface area contributed by atoms with Crippen molar-refractivity contribution in [2.24, 2.45) is 7.05 Å². The van der Waals surface area contributed by atoms with Crippen molar-refractivity contribution in [2.45, 2.75) is 36.6 Å². The number of aromatic nitrogens is 6. The highest BCUT2D eigenvalue weighted by Gasteiger charge is 2.21. The highest BCUT2D eigenvalue weighted by Crippen LogP contribution is 2.25. The Labute approximate surface area is 122 Å². The molecule has 1 atom stereocenters. The zero-order valence-electron chi connectivity index (χ0n) is 11.8. The molecule has 0 spiro atoms. The molecule has 7 nitrogen and oxygen atoms in total. The summed E-state index contributed by atoms with van der Waals surface area (Å²) in [6.45, 7) is 4.01. The monoisotopic (exact) mass is 293 g/mol. The Balaban J connectivity index is 1.66. The molecule has 2 aromatic heterocycles. The van der Waals surface area contributed by atoms with Crippen molar-refractivity contribution < 1.29 is 0 Å². The standard InChI is InChI=1S/C12H19N7S/c1-8-14-10(16-15-8)7-20-12-18-17-11(19(12)2)9-4-3-5-13-6-9/h9,13H,3-7H2,1-2H3,(H,14,15,16)/t9-/m1/s1. The van der Waals surface area contributed by atoms with Gasteiger partial charge in [-0.15, -0.1) is 10.2 Å². The van der Waals surface area contributed by atoms with Crippen LogP contribution in [0.2, 0.25) is 0 Å². The predicted octanol–water partition coefficient (Wildman–Crippen LogP) is 1.00. The molecule has 1 fully saturated rings. The summed E-state index contributed by atoms with van der Waals surface area (Å²) >= 11 is 1.62. The number of nitrogens with zero attached hydrogens (tertiary/aromatic N) is 5. The van der Waals surface area contributed by atoms with Gasteiger partial charge >= 0.3 is 0 Å². The van der Waals surface area contributed by atoms with Crippen LogP contribution >= 0.6 is 11.8 Å². The lowest BCUT2D eigenvalue weighted by Gasteiger charge is -2.21. The summed E-state index contributed by atoms with van der Waals surface area (Å²) in [7, 11) is 2.04. The van der Waals surface area contributed by atoms with E-state index in [9.17, 15) is 0 Å². The first kappa shape index (κ1) is 13.6. The zero-order valence-corrected chi connectivity index (χ0v) is 12.6. The minimum Gasteiger partial charge on any atom is -0.316 e. The summed E-state index contributed by atoms with van der Waals surface area (Å²) in [5, 5.41) is 20.0. The molecule has 0 saturated carbocycles. The number of hydrogen-bond acceptors (Lipinski definition) is 6. The van der Waals surface area contributed by atoms with E-state index in [1.54, 1.807) is 11.8 Å². The molecule has 2 aromatic rings. The lowest BCUT2D eigenvalue weighted by molar-refractivity contribution is 0.436. The van der Waals surface area contributed by atoms with Gasteiger partial charge in [0, 0.05) is 19.5 Å². The minimum absolute atomic E-state index is 0.473. The fraction of sp³-hybridized carbons (Fsp3) is 0.667. The Morgan fingerprint density at radius 3 is 3.00 bits per heavy atom. The average molecular weight is 293 g/mol. The molecule has 3 rings (SSSR count). The van der Waals surface area contributed by atoms with E-state index in [0.29, 0.717) is 11.7 Å². The lowest BCUT2D eigenvalue weighted by Crippen LogP contribution is -2.29. The molecule has 0 aromatic carbocycles. The number of thioether (sulfide) groups is 1. The number of aromatic amines is 1. The van der Waals surface area contributed by atoms with Crippen LogP contribution < -0.4 is 5.32 Å². The molecule has 20 heavy (non-hydrogen) atoms. The van der Waals surface area contributed by atoms with E-state index in [1.807, 2.05) is 14.0 Å². The van der Waals surface area contributed by atoms with Crippen molar-refractivity contribution in [2.75, 3.05) is 13.1 Å². The fourth-order valence-corrected chi connectivity index (χ4v) is 3.24. The van der Waals surface area contributed by atoms with Crippen LogP contribution in [0.3, 0.4) is 0 Å². The van der Waals surface area contributed by atoms with Crippen LogP contribution in [0.1, 0.15) is 36.2 Å². The Bertz CT molecular complexity index is 570. The Morgan fingerprint density at radius 1 is 1.40 bits per heavy atom. The van der Waals surface area contributed by atoms with Gasteiger partial charge in [-0.25, -0.2) is 4.98 Å². The molecule has 8 heteroatoms. The molecule has 1 aliphatic rings. The maximum atomic E-state index is 4.36. The molecule has 0 bridgehead atoms. The topological polar surface area (TPSA) is 84.3 Å². The van der Waals surface area contributed by atoms with Crippen LogP contribution in [0.4, 0.5) is 0 Å². The zero-order chi connectivity index (χ0) is 13.9. The first-order chi connectivity index (χ1) is 9.74. The summed E-state index contributed by atoms with van der Waals surface area (Å²) in [5.41, 5.74) is 0. The van der Waals surface area contributed by atoms with Gasteiger partial charge in [0.1, 0.15) is 11.6 Å². The fourth-order valence-electron chi connectivity index (χ4n) is 2.46. The van der Waals surface area contributed by atoms with Crippen LogP contribution in [-0.4, -0.2) is 43.0 Å². The number of H-pyrrole nitrogens is 1. The smallest absolute Gasteiger partial charge is 0.191 e. The summed E-state index contributed by atoms with van der Waals surface area (Å²) in [5.74, 6) is 3.90. The maximum absolute atomic E-state index is 4.36. The lowest BCUT2D eigenvalue weighted by atomic mass is 9.99. The molecule has 2 N–H and O–H groups in total. The van der Waals surface area contributed by atoms with Gasteiger partial charge < -0.3 is 9.88 Å². The SMILES string of the molecule is Cc1nc(CSc2nnc([C@@H]3CCCNC3)n2C)n[nH]1. The van der Waals surface area contributed by atoms with Crippen LogP contribution in [0.25, 0.3) is 0 Å². The van der Waals surface area contributed by atoms with Gasteiger partial charge in [-0.1, -0.05) is 11.8 Å². The number of nitrogens with one attached hydrogen (secondary N) is 2. The number of piperidine rings is 1. The average Bonchev–Trinajstić information content (AvgIpc) is 3.04. The molecule has 0 aliphatic carbocycles. The molecule has 0 radical (unpaired) electrons. The third-order valence-corrected chi connectivity index (χ3v) is 4.52. The predicted molar refractivity (Wildman–Crippen MR) is 76.5 cm³/mol. The second-order valence-corrected chi connectivity index (χ2v) is 6.01. The van der Waals surface area contributed by atoms with Gasteiger partial charge in [-0.3, -0.25) is 5.10 Å². The minimum atomic E-state index is 0.473. The number of rotatable bonds is 4. The molecule has 0 unspecified atom stereocenters. The first-order valence-corrected chi connectivity index (χ1v) is 7.83. The van der Waals surface area contributed by atoms with Crippen LogP contribution in [0.5, 0.6) is 0 Å². The van der Waals surface area contributed by atoms with Gasteiger partial charge in [-0.2, -0.15) is 5.10 Å².